The molecule has 3 rings (SSSR count). The molecule has 2 aromatic carbocycles. The van der Waals surface area contributed by atoms with Gasteiger partial charge in [-0.05, 0) is 11.1 Å². The number of quaternary nitrogens is 1. The fourth-order valence-electron chi connectivity index (χ4n) is 4.46. The maximum atomic E-state index is 13.5. The number of carbonyl (C=O) groups is 1. The summed E-state index contributed by atoms with van der Waals surface area (Å²) in [5.41, 5.74) is 1.62. The first-order chi connectivity index (χ1) is 12.7. The summed E-state index contributed by atoms with van der Waals surface area (Å²) in [6, 6.07) is 20.7. The highest BCUT2D eigenvalue weighted by atomic mass is 35.5. The first-order valence-electron chi connectivity index (χ1n) is 9.75. The molecule has 1 unspecified atom stereocenters. The summed E-state index contributed by atoms with van der Waals surface area (Å²) in [7, 11) is 0. The average Bonchev–Trinajstić information content (AvgIpc) is 2.71. The zero-order chi connectivity index (χ0) is 18.4. The van der Waals surface area contributed by atoms with E-state index >= 15 is 0 Å². The third-order valence-electron chi connectivity index (χ3n) is 5.75. The van der Waals surface area contributed by atoms with E-state index in [1.165, 1.54) is 4.90 Å². The molecule has 0 saturated carbocycles. The smallest absolute Gasteiger partial charge is 0.148 e. The number of carbonyl (C=O) groups excluding carboxylic acids is 1. The van der Waals surface area contributed by atoms with Gasteiger partial charge in [0.05, 0.1) is 25.2 Å². The highest BCUT2D eigenvalue weighted by molar-refractivity contribution is 5.94. The molecule has 1 saturated heterocycles. The van der Waals surface area contributed by atoms with Gasteiger partial charge in [-0.25, -0.2) is 0 Å². The predicted molar refractivity (Wildman–Crippen MR) is 105 cm³/mol. The maximum absolute atomic E-state index is 13.5. The minimum Gasteiger partial charge on any atom is -1.00 e. The number of benzene rings is 2. The van der Waals surface area contributed by atoms with Crippen LogP contribution in [0.1, 0.15) is 31.4 Å². The first kappa shape index (κ1) is 21.6. The van der Waals surface area contributed by atoms with Crippen molar-refractivity contribution in [1.29, 1.82) is 0 Å². The Morgan fingerprint density at radius 3 is 1.93 bits per heavy atom. The summed E-state index contributed by atoms with van der Waals surface area (Å²) in [4.78, 5) is 15.0. The van der Waals surface area contributed by atoms with Crippen LogP contribution in [0.15, 0.2) is 60.7 Å². The number of Topliss-reactive ketones (excluding diaryl/α,β-unsaturated/α-hetero) is 1. The number of morpholine rings is 1. The Hall–Kier alpha value is -1.68. The van der Waals surface area contributed by atoms with Gasteiger partial charge in [0.25, 0.3) is 0 Å². The maximum Gasteiger partial charge on any atom is 0.148 e. The van der Waals surface area contributed by atoms with Gasteiger partial charge in [0.2, 0.25) is 0 Å². The summed E-state index contributed by atoms with van der Waals surface area (Å²) in [6.45, 7) is 8.86. The molecule has 0 spiro atoms. The lowest BCUT2D eigenvalue weighted by molar-refractivity contribution is -0.911. The van der Waals surface area contributed by atoms with E-state index in [4.69, 9.17) is 4.74 Å². The zero-order valence-corrected chi connectivity index (χ0v) is 17.0. The van der Waals surface area contributed by atoms with Crippen molar-refractivity contribution in [1.82, 2.24) is 0 Å². The normalized spacial score (nSPS) is 16.4. The molecule has 4 heteroatoms. The molecule has 1 atom stereocenters. The van der Waals surface area contributed by atoms with Crippen LogP contribution in [0.25, 0.3) is 0 Å². The molecular weight excluding hydrogens is 358 g/mol. The molecular formula is C23H30ClNO2. The molecule has 0 radical (unpaired) electrons. The molecule has 1 aliphatic heterocycles. The Labute approximate surface area is 169 Å². The van der Waals surface area contributed by atoms with Crippen molar-refractivity contribution in [3.05, 3.63) is 71.8 Å². The SMILES string of the molecule is CCC(=O)C(c1ccccc1)(c1ccccc1)C(C)C[NH+]1CCOCC1.[Cl-]. The molecule has 1 N–H and O–H groups in total. The predicted octanol–water partition coefficient (Wildman–Crippen LogP) is -0.493. The number of halogens is 1. The Morgan fingerprint density at radius 1 is 1.00 bits per heavy atom. The van der Waals surface area contributed by atoms with Crippen molar-refractivity contribution in [2.75, 3.05) is 32.8 Å². The van der Waals surface area contributed by atoms with Gasteiger partial charge < -0.3 is 22.0 Å². The van der Waals surface area contributed by atoms with Crippen molar-refractivity contribution in [3.8, 4) is 0 Å². The van der Waals surface area contributed by atoms with Crippen LogP contribution in [-0.4, -0.2) is 38.6 Å². The van der Waals surface area contributed by atoms with E-state index in [-0.39, 0.29) is 18.3 Å². The van der Waals surface area contributed by atoms with Crippen molar-refractivity contribution in [2.24, 2.45) is 5.92 Å². The van der Waals surface area contributed by atoms with E-state index in [0.29, 0.717) is 12.2 Å². The third-order valence-corrected chi connectivity index (χ3v) is 5.75. The van der Waals surface area contributed by atoms with Crippen molar-refractivity contribution in [2.45, 2.75) is 25.7 Å². The van der Waals surface area contributed by atoms with E-state index < -0.39 is 5.41 Å². The number of hydrogen-bond acceptors (Lipinski definition) is 2. The van der Waals surface area contributed by atoms with Gasteiger partial charge in [0.15, 0.2) is 0 Å². The Bertz CT molecular complexity index is 659. The van der Waals surface area contributed by atoms with Crippen LogP contribution in [0.4, 0.5) is 0 Å². The molecule has 0 bridgehead atoms. The second kappa shape index (κ2) is 10.0. The van der Waals surface area contributed by atoms with Crippen LogP contribution in [0, 0.1) is 5.92 Å². The Morgan fingerprint density at radius 2 is 1.48 bits per heavy atom. The van der Waals surface area contributed by atoms with Crippen LogP contribution in [0.3, 0.4) is 0 Å². The molecule has 1 heterocycles. The van der Waals surface area contributed by atoms with E-state index in [9.17, 15) is 4.79 Å². The summed E-state index contributed by atoms with van der Waals surface area (Å²) in [6.07, 6.45) is 0.534. The average molecular weight is 388 g/mol. The number of rotatable bonds is 7. The zero-order valence-electron chi connectivity index (χ0n) is 16.3. The fourth-order valence-corrected chi connectivity index (χ4v) is 4.46. The van der Waals surface area contributed by atoms with Crippen LogP contribution in [-0.2, 0) is 14.9 Å². The topological polar surface area (TPSA) is 30.7 Å². The fraction of sp³-hybridized carbons (Fsp3) is 0.435. The second-order valence-corrected chi connectivity index (χ2v) is 7.28. The van der Waals surface area contributed by atoms with E-state index in [0.717, 1.165) is 44.0 Å². The molecule has 1 fully saturated rings. The lowest BCUT2D eigenvalue weighted by Gasteiger charge is -2.40. The van der Waals surface area contributed by atoms with Crippen LogP contribution >= 0.6 is 0 Å². The number of ether oxygens (including phenoxy) is 1. The summed E-state index contributed by atoms with van der Waals surface area (Å²) >= 11 is 0. The van der Waals surface area contributed by atoms with Crippen molar-refractivity contribution in [3.63, 3.8) is 0 Å². The van der Waals surface area contributed by atoms with Crippen LogP contribution < -0.4 is 17.3 Å². The highest BCUT2D eigenvalue weighted by Crippen LogP contribution is 2.40. The number of nitrogens with one attached hydrogen (secondary N) is 1. The Balaban J connectivity index is 0.00000261. The number of ketones is 1. The summed E-state index contributed by atoms with van der Waals surface area (Å²) in [5, 5.41) is 0. The van der Waals surface area contributed by atoms with E-state index in [1.54, 1.807) is 0 Å². The van der Waals surface area contributed by atoms with Crippen molar-refractivity contribution < 1.29 is 26.8 Å². The Kier molecular flexibility index (Phi) is 8.03. The van der Waals surface area contributed by atoms with Crippen molar-refractivity contribution >= 4 is 5.78 Å². The monoisotopic (exact) mass is 387 g/mol. The van der Waals surface area contributed by atoms with Gasteiger partial charge in [-0.15, -0.1) is 0 Å². The molecule has 27 heavy (non-hydrogen) atoms. The number of hydrogen-bond donors (Lipinski definition) is 1. The standard InChI is InChI=1S/C23H29NO2.ClH/c1-3-22(25)23(20-10-6-4-7-11-20,21-12-8-5-9-13-21)19(2)18-24-14-16-26-17-15-24;/h4-13,19H,3,14-18H2,1-2H3;1H. The van der Waals surface area contributed by atoms with Gasteiger partial charge in [0.1, 0.15) is 18.9 Å². The van der Waals surface area contributed by atoms with Gasteiger partial charge in [-0.3, -0.25) is 4.79 Å². The van der Waals surface area contributed by atoms with Gasteiger partial charge in [-0.2, -0.15) is 0 Å². The van der Waals surface area contributed by atoms with Gasteiger partial charge in [-0.1, -0.05) is 74.5 Å². The quantitative estimate of drug-likeness (QED) is 0.695. The largest absolute Gasteiger partial charge is 1.00 e. The molecule has 0 amide bonds. The minimum absolute atomic E-state index is 0. The molecule has 0 aromatic heterocycles. The summed E-state index contributed by atoms with van der Waals surface area (Å²) < 4.78 is 5.52. The lowest BCUT2D eigenvalue weighted by Crippen LogP contribution is -3.15. The molecule has 3 nitrogen and oxygen atoms in total. The molecule has 2 aromatic rings. The lowest BCUT2D eigenvalue weighted by atomic mass is 9.63. The molecule has 1 aliphatic rings. The second-order valence-electron chi connectivity index (χ2n) is 7.28. The van der Waals surface area contributed by atoms with E-state index in [1.807, 2.05) is 43.3 Å². The third kappa shape index (κ3) is 4.43. The highest BCUT2D eigenvalue weighted by Gasteiger charge is 2.46. The first-order valence-corrected chi connectivity index (χ1v) is 9.75. The summed E-state index contributed by atoms with van der Waals surface area (Å²) in [5.74, 6) is 0.503. The molecule has 0 aliphatic carbocycles. The molecule has 146 valence electrons. The van der Waals surface area contributed by atoms with Gasteiger partial charge >= 0.3 is 0 Å². The van der Waals surface area contributed by atoms with Crippen LogP contribution in [0.2, 0.25) is 0 Å². The van der Waals surface area contributed by atoms with E-state index in [2.05, 4.69) is 31.2 Å². The van der Waals surface area contributed by atoms with Crippen LogP contribution in [0.5, 0.6) is 0 Å². The van der Waals surface area contributed by atoms with Gasteiger partial charge in [0, 0.05) is 12.3 Å². The minimum atomic E-state index is -0.595.